The number of piperazine rings is 1. The lowest BCUT2D eigenvalue weighted by Crippen LogP contribution is -2.60. The summed E-state index contributed by atoms with van der Waals surface area (Å²) in [6.45, 7) is 32.0. The SMILES string of the molecule is CCC.CCC(=O)CC(C)(C)OCC(C)(C)OCCn1cc(COCCC(C)(C)OCCC(C)(C)N2CCN(CC)C(CO)C2)nn1. The average Bonchev–Trinajstić information content (AvgIpc) is 3.45. The molecule has 47 heavy (non-hydrogen) atoms. The summed E-state index contributed by atoms with van der Waals surface area (Å²) >= 11 is 0. The topological polar surface area (TPSA) is 111 Å². The molecule has 11 nitrogen and oxygen atoms in total. The van der Waals surface area contributed by atoms with Crippen molar-refractivity contribution in [2.75, 3.05) is 59.2 Å². The molecule has 2 rings (SSSR count). The number of Topliss-reactive ketones (excluding diaryl/α,β-unsaturated/α-hetero) is 1. The summed E-state index contributed by atoms with van der Waals surface area (Å²) in [6, 6.07) is 0.206. The van der Waals surface area contributed by atoms with Crippen molar-refractivity contribution in [3.8, 4) is 0 Å². The second-order valence-electron chi connectivity index (χ2n) is 15.3. The van der Waals surface area contributed by atoms with Crippen molar-refractivity contribution >= 4 is 5.78 Å². The van der Waals surface area contributed by atoms with Gasteiger partial charge in [-0.3, -0.25) is 14.6 Å². The molecule has 0 bridgehead atoms. The Balaban J connectivity index is 0.00000354. The van der Waals surface area contributed by atoms with Gasteiger partial charge in [-0.2, -0.15) is 0 Å². The third kappa shape index (κ3) is 17.7. The molecule has 1 unspecified atom stereocenters. The van der Waals surface area contributed by atoms with E-state index in [-0.39, 0.29) is 29.6 Å². The fourth-order valence-electron chi connectivity index (χ4n) is 5.33. The summed E-state index contributed by atoms with van der Waals surface area (Å²) in [4.78, 5) is 16.7. The van der Waals surface area contributed by atoms with Crippen LogP contribution in [0.2, 0.25) is 0 Å². The van der Waals surface area contributed by atoms with Crippen LogP contribution in [0, 0.1) is 0 Å². The number of nitrogens with zero attached hydrogens (tertiary/aromatic N) is 5. The van der Waals surface area contributed by atoms with E-state index in [1.807, 2.05) is 40.8 Å². The van der Waals surface area contributed by atoms with Crippen LogP contribution in [0.25, 0.3) is 0 Å². The van der Waals surface area contributed by atoms with E-state index in [2.05, 4.69) is 68.6 Å². The normalized spacial score (nSPS) is 17.1. The lowest BCUT2D eigenvalue weighted by atomic mass is 9.95. The predicted molar refractivity (Wildman–Crippen MR) is 189 cm³/mol. The molecular weight excluding hydrogens is 598 g/mol. The van der Waals surface area contributed by atoms with Crippen LogP contribution in [-0.4, -0.2) is 123 Å². The number of aromatic nitrogens is 3. The number of rotatable bonds is 22. The molecular formula is C36H71N5O6. The summed E-state index contributed by atoms with van der Waals surface area (Å²) in [7, 11) is 0. The quantitative estimate of drug-likeness (QED) is 0.158. The van der Waals surface area contributed by atoms with Gasteiger partial charge in [0.15, 0.2) is 0 Å². The van der Waals surface area contributed by atoms with E-state index in [9.17, 15) is 9.90 Å². The lowest BCUT2D eigenvalue weighted by Gasteiger charge is -2.47. The summed E-state index contributed by atoms with van der Waals surface area (Å²) in [5, 5.41) is 18.3. The molecule has 0 aliphatic carbocycles. The maximum absolute atomic E-state index is 11.8. The van der Waals surface area contributed by atoms with Gasteiger partial charge in [-0.25, -0.2) is 4.68 Å². The van der Waals surface area contributed by atoms with Crippen molar-refractivity contribution in [2.45, 2.75) is 157 Å². The van der Waals surface area contributed by atoms with Crippen LogP contribution in [0.1, 0.15) is 121 Å². The summed E-state index contributed by atoms with van der Waals surface area (Å²) in [6.07, 6.45) is 5.76. The number of aliphatic hydroxyl groups excluding tert-OH is 1. The largest absolute Gasteiger partial charge is 0.395 e. The van der Waals surface area contributed by atoms with Gasteiger partial charge in [-0.05, 0) is 74.8 Å². The second kappa shape index (κ2) is 20.9. The summed E-state index contributed by atoms with van der Waals surface area (Å²) in [5.74, 6) is 0.196. The van der Waals surface area contributed by atoms with E-state index < -0.39 is 11.2 Å². The first-order chi connectivity index (χ1) is 21.9. The highest BCUT2D eigenvalue weighted by atomic mass is 16.6. The standard InChI is InChI=1S/C33H63N5O6.C3H8/c1-11-29(40)21-32(7,8)44-26-33(9,10)43-20-17-38-22-27(34-35-38)25-41-18-14-31(5,6)42-19-13-30(3,4)37-16-15-36(12-2)28(23-37)24-39;1-3-2/h22,28,39H,11-21,23-26H2,1-10H3;3H2,1-2H3. The molecule has 1 aromatic rings. The van der Waals surface area contributed by atoms with Crippen LogP contribution in [0.5, 0.6) is 0 Å². The Morgan fingerprint density at radius 1 is 0.894 bits per heavy atom. The number of hydrogen-bond donors (Lipinski definition) is 1. The van der Waals surface area contributed by atoms with E-state index in [4.69, 9.17) is 18.9 Å². The maximum Gasteiger partial charge on any atom is 0.135 e. The van der Waals surface area contributed by atoms with E-state index >= 15 is 0 Å². The van der Waals surface area contributed by atoms with Gasteiger partial charge in [0.1, 0.15) is 11.5 Å². The monoisotopic (exact) mass is 670 g/mol. The van der Waals surface area contributed by atoms with Crippen LogP contribution >= 0.6 is 0 Å². The molecule has 1 aliphatic rings. The molecule has 276 valence electrons. The van der Waals surface area contributed by atoms with Gasteiger partial charge in [0.05, 0.1) is 56.0 Å². The molecule has 1 aromatic heterocycles. The molecule has 2 heterocycles. The molecule has 0 spiro atoms. The Labute approximate surface area is 287 Å². The number of carbonyl (C=O) groups is 1. The van der Waals surface area contributed by atoms with Crippen LogP contribution in [0.15, 0.2) is 6.20 Å². The number of aliphatic hydroxyl groups is 1. The third-order valence-electron chi connectivity index (χ3n) is 8.61. The Kier molecular flexibility index (Phi) is 19.4. The molecule has 1 aliphatic heterocycles. The van der Waals surface area contributed by atoms with Crippen molar-refractivity contribution in [1.82, 2.24) is 24.8 Å². The van der Waals surface area contributed by atoms with Gasteiger partial charge in [-0.15, -0.1) is 5.10 Å². The number of ether oxygens (including phenoxy) is 4. The fraction of sp³-hybridized carbons (Fsp3) is 0.917. The van der Waals surface area contributed by atoms with E-state index in [1.165, 1.54) is 6.42 Å². The Bertz CT molecular complexity index is 996. The molecule has 1 saturated heterocycles. The van der Waals surface area contributed by atoms with E-state index in [1.54, 1.807) is 4.68 Å². The first-order valence-corrected chi connectivity index (χ1v) is 17.9. The number of hydrogen-bond acceptors (Lipinski definition) is 10. The molecule has 11 heteroatoms. The van der Waals surface area contributed by atoms with Crippen LogP contribution < -0.4 is 0 Å². The minimum atomic E-state index is -0.511. The van der Waals surface area contributed by atoms with Crippen molar-refractivity contribution in [3.05, 3.63) is 11.9 Å². The Morgan fingerprint density at radius 3 is 2.17 bits per heavy atom. The molecule has 0 amide bonds. The molecule has 1 N–H and O–H groups in total. The van der Waals surface area contributed by atoms with Crippen LogP contribution in [0.4, 0.5) is 0 Å². The highest BCUT2D eigenvalue weighted by Gasteiger charge is 2.34. The highest BCUT2D eigenvalue weighted by Crippen LogP contribution is 2.25. The zero-order valence-electron chi connectivity index (χ0n) is 32.2. The van der Waals surface area contributed by atoms with Gasteiger partial charge in [-0.1, -0.05) is 39.3 Å². The van der Waals surface area contributed by atoms with Gasteiger partial charge >= 0.3 is 0 Å². The second-order valence-corrected chi connectivity index (χ2v) is 15.3. The van der Waals surface area contributed by atoms with Crippen molar-refractivity contribution < 1.29 is 28.8 Å². The first-order valence-electron chi connectivity index (χ1n) is 17.9. The lowest BCUT2D eigenvalue weighted by molar-refractivity contribution is -0.138. The number of carbonyl (C=O) groups excluding carboxylic acids is 1. The molecule has 0 aromatic carbocycles. The van der Waals surface area contributed by atoms with Gasteiger partial charge in [0, 0.05) is 57.3 Å². The summed E-state index contributed by atoms with van der Waals surface area (Å²) in [5.41, 5.74) is -0.511. The molecule has 0 radical (unpaired) electrons. The van der Waals surface area contributed by atoms with Gasteiger partial charge in [0.25, 0.3) is 0 Å². The smallest absolute Gasteiger partial charge is 0.135 e. The molecule has 0 saturated carbocycles. The van der Waals surface area contributed by atoms with Crippen LogP contribution in [-0.2, 0) is 36.9 Å². The third-order valence-corrected chi connectivity index (χ3v) is 8.61. The first kappa shape index (κ1) is 43.6. The molecule has 1 fully saturated rings. The van der Waals surface area contributed by atoms with Crippen LogP contribution in [0.3, 0.4) is 0 Å². The van der Waals surface area contributed by atoms with Crippen molar-refractivity contribution in [1.29, 1.82) is 0 Å². The Morgan fingerprint density at radius 2 is 1.55 bits per heavy atom. The zero-order chi connectivity index (χ0) is 35.7. The van der Waals surface area contributed by atoms with E-state index in [0.29, 0.717) is 52.4 Å². The zero-order valence-corrected chi connectivity index (χ0v) is 32.2. The van der Waals surface area contributed by atoms with E-state index in [0.717, 1.165) is 44.7 Å². The fourth-order valence-corrected chi connectivity index (χ4v) is 5.33. The maximum atomic E-state index is 11.8. The van der Waals surface area contributed by atoms with Gasteiger partial charge < -0.3 is 24.1 Å². The Hall–Kier alpha value is -1.47. The number of likely N-dealkylation sites (N-methyl/N-ethyl adjacent to an activating group) is 1. The van der Waals surface area contributed by atoms with Gasteiger partial charge in [0.2, 0.25) is 0 Å². The highest BCUT2D eigenvalue weighted by molar-refractivity contribution is 5.78. The minimum Gasteiger partial charge on any atom is -0.395 e. The summed E-state index contributed by atoms with van der Waals surface area (Å²) < 4.78 is 26.0. The van der Waals surface area contributed by atoms with Crippen molar-refractivity contribution in [3.63, 3.8) is 0 Å². The minimum absolute atomic E-state index is 0.00698. The number of ketones is 1. The average molecular weight is 670 g/mol. The molecule has 1 atom stereocenters. The predicted octanol–water partition coefficient (Wildman–Crippen LogP) is 5.52. The van der Waals surface area contributed by atoms with Crippen molar-refractivity contribution in [2.24, 2.45) is 0 Å².